The van der Waals surface area contributed by atoms with Gasteiger partial charge in [-0.3, -0.25) is 14.3 Å². The smallest absolute Gasteiger partial charge is 0.330 e. The number of rotatable bonds is 4. The van der Waals surface area contributed by atoms with Crippen LogP contribution in [0.1, 0.15) is 46.5 Å². The van der Waals surface area contributed by atoms with Gasteiger partial charge < -0.3 is 11.1 Å². The average Bonchev–Trinajstić information content (AvgIpc) is 2.69. The fraction of sp³-hybridized carbons (Fsp3) is 0.714. The van der Waals surface area contributed by atoms with Gasteiger partial charge in [0.05, 0.1) is 0 Å². The largest absolute Gasteiger partial charge is 0.383 e. The van der Waals surface area contributed by atoms with Gasteiger partial charge in [-0.05, 0) is 31.1 Å². The van der Waals surface area contributed by atoms with Crippen LogP contribution in [0.15, 0.2) is 9.59 Å². The van der Waals surface area contributed by atoms with E-state index in [0.29, 0.717) is 12.2 Å². The van der Waals surface area contributed by atoms with Crippen molar-refractivity contribution in [1.29, 1.82) is 0 Å². The van der Waals surface area contributed by atoms with E-state index in [2.05, 4.69) is 24.1 Å². The summed E-state index contributed by atoms with van der Waals surface area (Å²) in [7, 11) is 0. The maximum Gasteiger partial charge on any atom is 0.330 e. The third-order valence-electron chi connectivity index (χ3n) is 4.00. The summed E-state index contributed by atoms with van der Waals surface area (Å²) >= 11 is 0. The van der Waals surface area contributed by atoms with Crippen LogP contribution in [0.25, 0.3) is 0 Å². The molecule has 0 aromatic carbocycles. The van der Waals surface area contributed by atoms with Crippen LogP contribution in [0, 0.1) is 5.41 Å². The van der Waals surface area contributed by atoms with E-state index in [-0.39, 0.29) is 17.3 Å². The molecule has 6 heteroatoms. The van der Waals surface area contributed by atoms with Crippen molar-refractivity contribution in [3.05, 3.63) is 20.8 Å². The van der Waals surface area contributed by atoms with Crippen molar-refractivity contribution < 1.29 is 0 Å². The number of hydrogen-bond acceptors (Lipinski definition) is 4. The molecule has 0 spiro atoms. The van der Waals surface area contributed by atoms with E-state index in [4.69, 9.17) is 5.73 Å². The minimum Gasteiger partial charge on any atom is -0.383 e. The van der Waals surface area contributed by atoms with Crippen molar-refractivity contribution in [1.82, 2.24) is 9.55 Å². The minimum absolute atomic E-state index is 0.237. The first-order chi connectivity index (χ1) is 9.34. The standard InChI is InChI=1S/C14H24N4O2/c1-4-7-18-11(15)10(12(19)17-13(18)20)16-9-5-6-14(2,3)8-9/h9,16H,4-8,15H2,1-3H3,(H,17,19,20). The van der Waals surface area contributed by atoms with Gasteiger partial charge in [0.2, 0.25) is 0 Å². The number of nitrogens with zero attached hydrogens (tertiary/aromatic N) is 1. The van der Waals surface area contributed by atoms with Gasteiger partial charge in [-0.25, -0.2) is 4.79 Å². The van der Waals surface area contributed by atoms with E-state index in [9.17, 15) is 9.59 Å². The molecule has 1 saturated carbocycles. The van der Waals surface area contributed by atoms with Crippen LogP contribution in [0.3, 0.4) is 0 Å². The van der Waals surface area contributed by atoms with Crippen LogP contribution in [0.4, 0.5) is 11.5 Å². The molecule has 20 heavy (non-hydrogen) atoms. The molecule has 1 aromatic rings. The second kappa shape index (κ2) is 5.34. The Morgan fingerprint density at radius 1 is 1.45 bits per heavy atom. The molecule has 0 radical (unpaired) electrons. The first-order valence-electron chi connectivity index (χ1n) is 7.23. The molecule has 0 amide bonds. The van der Waals surface area contributed by atoms with Gasteiger partial charge in [0.25, 0.3) is 5.56 Å². The summed E-state index contributed by atoms with van der Waals surface area (Å²) < 4.78 is 1.42. The molecule has 1 aromatic heterocycles. The maximum absolute atomic E-state index is 12.0. The highest BCUT2D eigenvalue weighted by Gasteiger charge is 2.31. The summed E-state index contributed by atoms with van der Waals surface area (Å²) in [5.74, 6) is 0.241. The number of aromatic nitrogens is 2. The predicted molar refractivity (Wildman–Crippen MR) is 81.1 cm³/mol. The molecule has 0 saturated heterocycles. The summed E-state index contributed by atoms with van der Waals surface area (Å²) in [6.07, 6.45) is 3.92. The van der Waals surface area contributed by atoms with Crippen LogP contribution < -0.4 is 22.3 Å². The maximum atomic E-state index is 12.0. The Bertz CT molecular complexity index is 600. The number of nitrogens with two attached hydrogens (primary N) is 1. The highest BCUT2D eigenvalue weighted by atomic mass is 16.2. The Kier molecular flexibility index (Phi) is 3.92. The number of H-pyrrole nitrogens is 1. The molecule has 1 heterocycles. The number of nitrogens with one attached hydrogen (secondary N) is 2. The van der Waals surface area contributed by atoms with Gasteiger partial charge in [0, 0.05) is 12.6 Å². The number of aromatic amines is 1. The number of anilines is 2. The molecule has 6 nitrogen and oxygen atoms in total. The Hall–Kier alpha value is -1.72. The number of nitrogen functional groups attached to an aromatic ring is 1. The normalized spacial score (nSPS) is 21.1. The molecular formula is C14H24N4O2. The summed E-state index contributed by atoms with van der Waals surface area (Å²) in [4.78, 5) is 26.0. The van der Waals surface area contributed by atoms with Crippen LogP contribution in [-0.2, 0) is 6.54 Å². The van der Waals surface area contributed by atoms with Gasteiger partial charge in [0.15, 0.2) is 0 Å². The predicted octanol–water partition coefficient (Wildman–Crippen LogP) is 1.52. The van der Waals surface area contributed by atoms with E-state index in [1.54, 1.807) is 0 Å². The van der Waals surface area contributed by atoms with Crippen molar-refractivity contribution >= 4 is 11.5 Å². The van der Waals surface area contributed by atoms with Crippen LogP contribution in [0.2, 0.25) is 0 Å². The van der Waals surface area contributed by atoms with Crippen molar-refractivity contribution in [2.24, 2.45) is 5.41 Å². The molecule has 1 atom stereocenters. The highest BCUT2D eigenvalue weighted by Crippen LogP contribution is 2.38. The van der Waals surface area contributed by atoms with Gasteiger partial charge in [-0.15, -0.1) is 0 Å². The fourth-order valence-corrected chi connectivity index (χ4v) is 2.94. The minimum atomic E-state index is -0.438. The topological polar surface area (TPSA) is 92.9 Å². The molecular weight excluding hydrogens is 256 g/mol. The lowest BCUT2D eigenvalue weighted by atomic mass is 9.92. The van der Waals surface area contributed by atoms with E-state index < -0.39 is 11.2 Å². The molecule has 1 aliphatic rings. The van der Waals surface area contributed by atoms with E-state index >= 15 is 0 Å². The second-order valence-electron chi connectivity index (χ2n) is 6.42. The average molecular weight is 280 g/mol. The van der Waals surface area contributed by atoms with E-state index in [1.165, 1.54) is 4.57 Å². The van der Waals surface area contributed by atoms with E-state index in [1.807, 2.05) is 6.92 Å². The molecule has 112 valence electrons. The Morgan fingerprint density at radius 3 is 2.70 bits per heavy atom. The molecule has 1 aliphatic carbocycles. The molecule has 2 rings (SSSR count). The quantitative estimate of drug-likeness (QED) is 0.779. The third kappa shape index (κ3) is 2.89. The third-order valence-corrected chi connectivity index (χ3v) is 4.00. The molecule has 0 bridgehead atoms. The van der Waals surface area contributed by atoms with E-state index in [0.717, 1.165) is 25.7 Å². The molecule has 0 aliphatic heterocycles. The second-order valence-corrected chi connectivity index (χ2v) is 6.42. The first-order valence-corrected chi connectivity index (χ1v) is 7.23. The van der Waals surface area contributed by atoms with Crippen LogP contribution in [-0.4, -0.2) is 15.6 Å². The summed E-state index contributed by atoms with van der Waals surface area (Å²) in [5, 5.41) is 3.23. The lowest BCUT2D eigenvalue weighted by molar-refractivity contribution is 0.378. The van der Waals surface area contributed by atoms with Gasteiger partial charge >= 0.3 is 5.69 Å². The summed E-state index contributed by atoms with van der Waals surface area (Å²) in [6, 6.07) is 0.237. The Balaban J connectivity index is 2.30. The van der Waals surface area contributed by atoms with Crippen molar-refractivity contribution in [3.8, 4) is 0 Å². The van der Waals surface area contributed by atoms with Crippen LogP contribution >= 0.6 is 0 Å². The fourth-order valence-electron chi connectivity index (χ4n) is 2.94. The van der Waals surface area contributed by atoms with Crippen LogP contribution in [0.5, 0.6) is 0 Å². The highest BCUT2D eigenvalue weighted by molar-refractivity contribution is 5.61. The number of hydrogen-bond donors (Lipinski definition) is 3. The zero-order valence-electron chi connectivity index (χ0n) is 12.5. The lowest BCUT2D eigenvalue weighted by Crippen LogP contribution is -2.35. The van der Waals surface area contributed by atoms with Crippen molar-refractivity contribution in [3.63, 3.8) is 0 Å². The van der Waals surface area contributed by atoms with Gasteiger partial charge in [-0.1, -0.05) is 20.8 Å². The Morgan fingerprint density at radius 2 is 2.15 bits per heavy atom. The zero-order chi connectivity index (χ0) is 14.9. The lowest BCUT2D eigenvalue weighted by Gasteiger charge is -2.20. The molecule has 1 unspecified atom stereocenters. The van der Waals surface area contributed by atoms with Crippen molar-refractivity contribution in [2.75, 3.05) is 11.1 Å². The molecule has 1 fully saturated rings. The summed E-state index contributed by atoms with van der Waals surface area (Å²) in [5.41, 5.74) is 5.76. The zero-order valence-corrected chi connectivity index (χ0v) is 12.5. The SMILES string of the molecule is CCCn1c(N)c(NC2CCC(C)(C)C2)c(=O)[nH]c1=O. The first kappa shape index (κ1) is 14.7. The van der Waals surface area contributed by atoms with Crippen molar-refractivity contribution in [2.45, 2.75) is 59.0 Å². The molecule has 4 N–H and O–H groups in total. The monoisotopic (exact) mass is 280 g/mol. The van der Waals surface area contributed by atoms with Gasteiger partial charge in [-0.2, -0.15) is 0 Å². The summed E-state index contributed by atoms with van der Waals surface area (Å²) in [6.45, 7) is 6.91. The van der Waals surface area contributed by atoms with Gasteiger partial charge in [0.1, 0.15) is 11.5 Å². The Labute approximate surface area is 118 Å².